The fourth-order valence-electron chi connectivity index (χ4n) is 2.53. The van der Waals surface area contributed by atoms with Crippen molar-refractivity contribution in [3.05, 3.63) is 53.6 Å². The second-order valence-corrected chi connectivity index (χ2v) is 5.19. The number of hydrogen-bond acceptors (Lipinski definition) is 4. The lowest BCUT2D eigenvalue weighted by Gasteiger charge is -2.04. The normalized spacial score (nSPS) is 11.3. The fraction of sp³-hybridized carbons (Fsp3) is 0.353. The third-order valence-corrected chi connectivity index (χ3v) is 3.63. The molecule has 2 aromatic heterocycles. The van der Waals surface area contributed by atoms with E-state index in [1.807, 2.05) is 18.2 Å². The highest BCUT2D eigenvalue weighted by molar-refractivity contribution is 5.82. The summed E-state index contributed by atoms with van der Waals surface area (Å²) >= 11 is 0. The summed E-state index contributed by atoms with van der Waals surface area (Å²) < 4.78 is 11.1. The van der Waals surface area contributed by atoms with Gasteiger partial charge in [0, 0.05) is 30.0 Å². The Morgan fingerprint density at radius 3 is 2.86 bits per heavy atom. The minimum absolute atomic E-state index is 0.673. The summed E-state index contributed by atoms with van der Waals surface area (Å²) in [5, 5.41) is 8.32. The van der Waals surface area contributed by atoms with Crippen LogP contribution in [0.25, 0.3) is 11.0 Å². The SMILES string of the molecule is CCCCc1oc2ccccc2c1CNCc1ccno1. The number of rotatable bonds is 7. The van der Waals surface area contributed by atoms with E-state index in [4.69, 9.17) is 8.94 Å². The monoisotopic (exact) mass is 284 g/mol. The molecule has 0 saturated carbocycles. The number of hydrogen-bond donors (Lipinski definition) is 1. The summed E-state index contributed by atoms with van der Waals surface area (Å²) in [5.41, 5.74) is 2.23. The van der Waals surface area contributed by atoms with Gasteiger partial charge in [-0.25, -0.2) is 0 Å². The molecule has 1 aromatic carbocycles. The minimum atomic E-state index is 0.673. The first-order valence-electron chi connectivity index (χ1n) is 7.48. The highest BCUT2D eigenvalue weighted by Crippen LogP contribution is 2.27. The zero-order chi connectivity index (χ0) is 14.5. The molecule has 0 spiro atoms. The van der Waals surface area contributed by atoms with Gasteiger partial charge in [-0.3, -0.25) is 0 Å². The van der Waals surface area contributed by atoms with Crippen molar-refractivity contribution in [2.24, 2.45) is 0 Å². The van der Waals surface area contributed by atoms with Crippen LogP contribution in [0.4, 0.5) is 0 Å². The average molecular weight is 284 g/mol. The molecule has 0 saturated heterocycles. The average Bonchev–Trinajstić information content (AvgIpc) is 3.13. The Balaban J connectivity index is 1.77. The summed E-state index contributed by atoms with van der Waals surface area (Å²) in [5.74, 6) is 1.95. The van der Waals surface area contributed by atoms with Crippen molar-refractivity contribution in [1.29, 1.82) is 0 Å². The molecule has 0 fully saturated rings. The molecule has 4 nitrogen and oxygen atoms in total. The van der Waals surface area contributed by atoms with Gasteiger partial charge < -0.3 is 14.3 Å². The van der Waals surface area contributed by atoms with Gasteiger partial charge in [-0.05, 0) is 12.5 Å². The number of fused-ring (bicyclic) bond motifs is 1. The predicted octanol–water partition coefficient (Wildman–Crippen LogP) is 4.05. The van der Waals surface area contributed by atoms with Gasteiger partial charge in [0.15, 0.2) is 0 Å². The molecule has 4 heteroatoms. The Morgan fingerprint density at radius 1 is 1.14 bits per heavy atom. The maximum atomic E-state index is 6.01. The van der Waals surface area contributed by atoms with E-state index in [-0.39, 0.29) is 0 Å². The van der Waals surface area contributed by atoms with Crippen LogP contribution in [0.5, 0.6) is 0 Å². The van der Waals surface area contributed by atoms with Gasteiger partial charge in [-0.2, -0.15) is 0 Å². The number of aromatic nitrogens is 1. The first-order valence-corrected chi connectivity index (χ1v) is 7.48. The number of nitrogens with zero attached hydrogens (tertiary/aromatic N) is 1. The highest BCUT2D eigenvalue weighted by atomic mass is 16.5. The maximum Gasteiger partial charge on any atom is 0.150 e. The van der Waals surface area contributed by atoms with Gasteiger partial charge in [0.1, 0.15) is 17.1 Å². The molecule has 0 unspecified atom stereocenters. The van der Waals surface area contributed by atoms with Crippen LogP contribution in [0.1, 0.15) is 36.8 Å². The van der Waals surface area contributed by atoms with Crippen molar-refractivity contribution >= 4 is 11.0 Å². The van der Waals surface area contributed by atoms with E-state index < -0.39 is 0 Å². The molecule has 3 aromatic rings. The fourth-order valence-corrected chi connectivity index (χ4v) is 2.53. The number of aryl methyl sites for hydroxylation is 1. The molecule has 2 heterocycles. The van der Waals surface area contributed by atoms with Crippen molar-refractivity contribution in [2.45, 2.75) is 39.3 Å². The number of furan rings is 1. The number of unbranched alkanes of at least 4 members (excludes halogenated alkanes) is 1. The lowest BCUT2D eigenvalue weighted by atomic mass is 10.1. The van der Waals surface area contributed by atoms with Crippen LogP contribution in [0.3, 0.4) is 0 Å². The second-order valence-electron chi connectivity index (χ2n) is 5.19. The van der Waals surface area contributed by atoms with E-state index in [1.165, 1.54) is 17.4 Å². The molecule has 0 aliphatic heterocycles. The van der Waals surface area contributed by atoms with E-state index in [2.05, 4.69) is 29.5 Å². The molecule has 0 amide bonds. The van der Waals surface area contributed by atoms with Crippen LogP contribution in [-0.2, 0) is 19.5 Å². The van der Waals surface area contributed by atoms with Crippen molar-refractivity contribution in [1.82, 2.24) is 10.5 Å². The Morgan fingerprint density at radius 2 is 2.05 bits per heavy atom. The lowest BCUT2D eigenvalue weighted by molar-refractivity contribution is 0.372. The maximum absolute atomic E-state index is 6.01. The minimum Gasteiger partial charge on any atom is -0.461 e. The van der Waals surface area contributed by atoms with E-state index in [9.17, 15) is 0 Å². The summed E-state index contributed by atoms with van der Waals surface area (Å²) in [6.45, 7) is 3.65. The number of nitrogens with one attached hydrogen (secondary N) is 1. The first kappa shape index (κ1) is 13.9. The van der Waals surface area contributed by atoms with Crippen LogP contribution in [0.2, 0.25) is 0 Å². The molecule has 0 bridgehead atoms. The van der Waals surface area contributed by atoms with Gasteiger partial charge in [-0.15, -0.1) is 0 Å². The van der Waals surface area contributed by atoms with Gasteiger partial charge >= 0.3 is 0 Å². The zero-order valence-corrected chi connectivity index (χ0v) is 12.3. The Kier molecular flexibility index (Phi) is 4.36. The Labute approximate surface area is 124 Å². The van der Waals surface area contributed by atoms with E-state index in [0.717, 1.165) is 36.5 Å². The zero-order valence-electron chi connectivity index (χ0n) is 12.3. The largest absolute Gasteiger partial charge is 0.461 e. The highest BCUT2D eigenvalue weighted by Gasteiger charge is 2.13. The number of benzene rings is 1. The Hall–Kier alpha value is -2.07. The van der Waals surface area contributed by atoms with E-state index >= 15 is 0 Å². The second kappa shape index (κ2) is 6.59. The van der Waals surface area contributed by atoms with Crippen molar-refractivity contribution in [3.63, 3.8) is 0 Å². The molecule has 110 valence electrons. The van der Waals surface area contributed by atoms with Crippen LogP contribution in [0.15, 0.2) is 45.5 Å². The summed E-state index contributed by atoms with van der Waals surface area (Å²) in [6, 6.07) is 10.1. The lowest BCUT2D eigenvalue weighted by Crippen LogP contribution is -2.13. The van der Waals surface area contributed by atoms with Crippen molar-refractivity contribution in [3.8, 4) is 0 Å². The molecule has 0 atom stereocenters. The summed E-state index contributed by atoms with van der Waals surface area (Å²) in [4.78, 5) is 0. The van der Waals surface area contributed by atoms with Crippen LogP contribution in [0, 0.1) is 0 Å². The first-order chi connectivity index (χ1) is 10.4. The molecule has 0 radical (unpaired) electrons. The van der Waals surface area contributed by atoms with Crippen LogP contribution >= 0.6 is 0 Å². The quantitative estimate of drug-likeness (QED) is 0.711. The summed E-state index contributed by atoms with van der Waals surface area (Å²) in [7, 11) is 0. The standard InChI is InChI=1S/C17H20N2O2/c1-2-3-7-17-15(12-18-11-13-9-10-19-21-13)14-6-4-5-8-16(14)20-17/h4-6,8-10,18H,2-3,7,11-12H2,1H3. The summed E-state index contributed by atoms with van der Waals surface area (Å²) in [6.07, 6.45) is 4.97. The van der Waals surface area contributed by atoms with E-state index in [1.54, 1.807) is 6.20 Å². The van der Waals surface area contributed by atoms with Crippen molar-refractivity contribution in [2.75, 3.05) is 0 Å². The third kappa shape index (κ3) is 3.16. The molecular formula is C17H20N2O2. The third-order valence-electron chi connectivity index (χ3n) is 3.63. The van der Waals surface area contributed by atoms with Crippen LogP contribution in [-0.4, -0.2) is 5.16 Å². The van der Waals surface area contributed by atoms with Crippen molar-refractivity contribution < 1.29 is 8.94 Å². The van der Waals surface area contributed by atoms with Gasteiger partial charge in [0.25, 0.3) is 0 Å². The Bertz CT molecular complexity index is 686. The topological polar surface area (TPSA) is 51.2 Å². The smallest absolute Gasteiger partial charge is 0.150 e. The molecular weight excluding hydrogens is 264 g/mol. The van der Waals surface area contributed by atoms with Gasteiger partial charge in [-0.1, -0.05) is 36.7 Å². The molecule has 21 heavy (non-hydrogen) atoms. The van der Waals surface area contributed by atoms with Gasteiger partial charge in [0.05, 0.1) is 12.7 Å². The van der Waals surface area contributed by atoms with E-state index in [0.29, 0.717) is 6.54 Å². The molecule has 1 N–H and O–H groups in total. The van der Waals surface area contributed by atoms with Crippen LogP contribution < -0.4 is 5.32 Å². The molecule has 0 aliphatic rings. The molecule has 0 aliphatic carbocycles. The van der Waals surface area contributed by atoms with Gasteiger partial charge in [0.2, 0.25) is 0 Å². The predicted molar refractivity (Wildman–Crippen MR) is 81.9 cm³/mol. The number of para-hydroxylation sites is 1. The molecule has 3 rings (SSSR count).